The molecule has 8 heavy (non-hydrogen) atoms. The fourth-order valence-electron chi connectivity index (χ4n) is 0.0704. The number of aliphatic hydroxyl groups is 1. The van der Waals surface area contributed by atoms with E-state index in [1.54, 1.807) is 0 Å². The zero-order chi connectivity index (χ0) is 6.73. The van der Waals surface area contributed by atoms with Crippen LogP contribution in [0.15, 0.2) is 0 Å². The van der Waals surface area contributed by atoms with Gasteiger partial charge in [0.1, 0.15) is 0 Å². The average molecular weight is 160 g/mol. The molecule has 0 aliphatic heterocycles. The van der Waals surface area contributed by atoms with Crippen molar-refractivity contribution in [3.05, 3.63) is 0 Å². The Kier molecular flexibility index (Phi) is 3.33. The van der Waals surface area contributed by atoms with Crippen LogP contribution in [0.5, 0.6) is 0 Å². The van der Waals surface area contributed by atoms with Gasteiger partial charge in [-0.05, 0) is 0 Å². The summed E-state index contributed by atoms with van der Waals surface area (Å²) in [5, 5.41) is 8.10. The highest BCUT2D eigenvalue weighted by Crippen LogP contribution is 1.90. The molecule has 7 heteroatoms. The van der Waals surface area contributed by atoms with Gasteiger partial charge in [-0.15, -0.1) is 0 Å². The summed E-state index contributed by atoms with van der Waals surface area (Å²) in [4.78, 5) is 0. The smallest absolute Gasteiger partial charge is 0.256 e. The molecule has 0 saturated heterocycles. The molecule has 0 bridgehead atoms. The van der Waals surface area contributed by atoms with Gasteiger partial charge in [-0.2, -0.15) is 0 Å². The molecule has 50 valence electrons. The zero-order valence-corrected chi connectivity index (χ0v) is 5.18. The van der Waals surface area contributed by atoms with Crippen LogP contribution in [0.3, 0.4) is 0 Å². The fourth-order valence-corrected chi connectivity index (χ4v) is 0.634. The van der Waals surface area contributed by atoms with Gasteiger partial charge in [0.05, 0.1) is 0 Å². The normalized spacial score (nSPS) is 21.9. The van der Waals surface area contributed by atoms with E-state index in [1.165, 1.54) is 0 Å². The van der Waals surface area contributed by atoms with Crippen molar-refractivity contribution < 1.29 is 22.6 Å². The van der Waals surface area contributed by atoms with Crippen molar-refractivity contribution in [2.45, 2.75) is 4.77 Å². The third-order valence-electron chi connectivity index (χ3n) is 0.345. The number of aliphatic hydroxyl groups excluding tert-OH is 1. The summed E-state index contributed by atoms with van der Waals surface area (Å²) in [5.41, 5.74) is 0. The predicted octanol–water partition coefficient (Wildman–Crippen LogP) is -1.29. The molecule has 0 amide bonds. The zero-order valence-electron chi connectivity index (χ0n) is 3.55. The fraction of sp³-hybridized carbons (Fsp3) is 1.00. The minimum Gasteiger partial charge on any atom is -0.365 e. The minimum atomic E-state index is -2.64. The van der Waals surface area contributed by atoms with Crippen LogP contribution in [0.2, 0.25) is 0 Å². The molecule has 3 N–H and O–H groups in total. The molecule has 0 saturated carbocycles. The van der Waals surface area contributed by atoms with Crippen molar-refractivity contribution in [1.29, 1.82) is 0 Å². The monoisotopic (exact) mass is 160 g/mol. The van der Waals surface area contributed by atoms with Crippen LogP contribution in [0, 0.1) is 0 Å². The van der Waals surface area contributed by atoms with Crippen LogP contribution < -0.4 is 0 Å². The average Bonchev–Trinajstić information content (AvgIpc) is 1.64. The highest BCUT2D eigenvalue weighted by molar-refractivity contribution is 7.97. The van der Waals surface area contributed by atoms with E-state index < -0.39 is 26.9 Å². The summed E-state index contributed by atoms with van der Waals surface area (Å²) in [6.45, 7) is 0. The first kappa shape index (κ1) is 8.18. The summed E-state index contributed by atoms with van der Waals surface area (Å²) >= 11 is -5.27. The van der Waals surface area contributed by atoms with E-state index in [2.05, 4.69) is 0 Å². The van der Waals surface area contributed by atoms with E-state index in [1.807, 2.05) is 0 Å². The van der Waals surface area contributed by atoms with Crippen molar-refractivity contribution in [2.24, 2.45) is 0 Å². The Balaban J connectivity index is 3.83. The lowest BCUT2D eigenvalue weighted by Gasteiger charge is -1.96. The van der Waals surface area contributed by atoms with E-state index in [9.17, 15) is 8.42 Å². The molecule has 2 atom stereocenters. The van der Waals surface area contributed by atoms with E-state index in [0.29, 0.717) is 0 Å². The highest BCUT2D eigenvalue weighted by atomic mass is 32.3. The molecule has 0 heterocycles. The second kappa shape index (κ2) is 3.25. The first-order valence-electron chi connectivity index (χ1n) is 1.43. The molecule has 5 nitrogen and oxygen atoms in total. The van der Waals surface area contributed by atoms with E-state index in [-0.39, 0.29) is 0 Å². The van der Waals surface area contributed by atoms with Gasteiger partial charge < -0.3 is 14.2 Å². The molecular weight excluding hydrogens is 156 g/mol. The maximum absolute atomic E-state index is 9.65. The van der Waals surface area contributed by atoms with Gasteiger partial charge in [0.25, 0.3) is 4.77 Å². The summed E-state index contributed by atoms with van der Waals surface area (Å²) in [6.07, 6.45) is 0. The summed E-state index contributed by atoms with van der Waals surface area (Å²) in [5.74, 6) is 0. The largest absolute Gasteiger partial charge is 0.365 e. The van der Waals surface area contributed by atoms with Crippen molar-refractivity contribution >= 4 is 22.2 Å². The van der Waals surface area contributed by atoms with Gasteiger partial charge in [-0.25, -0.2) is 8.42 Å². The lowest BCUT2D eigenvalue weighted by atomic mass is 11.7. The molecule has 0 rings (SSSR count). The first-order chi connectivity index (χ1) is 3.55. The second-order valence-corrected chi connectivity index (χ2v) is 3.16. The van der Waals surface area contributed by atoms with E-state index >= 15 is 0 Å². The van der Waals surface area contributed by atoms with Crippen LogP contribution in [0.25, 0.3) is 0 Å². The Hall–Kier alpha value is 0.180. The van der Waals surface area contributed by atoms with Crippen molar-refractivity contribution in [3.63, 3.8) is 0 Å². The van der Waals surface area contributed by atoms with Gasteiger partial charge in [0.2, 0.25) is 0 Å². The number of hydrogen-bond acceptors (Lipinski definition) is 3. The van der Waals surface area contributed by atoms with Crippen molar-refractivity contribution in [1.82, 2.24) is 0 Å². The van der Waals surface area contributed by atoms with Gasteiger partial charge in [-0.3, -0.25) is 0 Å². The molecule has 2 unspecified atom stereocenters. The molecule has 0 aromatic carbocycles. The van der Waals surface area contributed by atoms with Crippen LogP contribution in [0.1, 0.15) is 0 Å². The number of rotatable bonds is 2. The Labute approximate surface area is 50.3 Å². The minimum absolute atomic E-state index is 2.07. The van der Waals surface area contributed by atoms with Gasteiger partial charge in [0.15, 0.2) is 22.2 Å². The SMILES string of the molecule is O=S(O)C(O)S(=O)O. The quantitative estimate of drug-likeness (QED) is 0.437. The van der Waals surface area contributed by atoms with E-state index in [0.717, 1.165) is 0 Å². The Bertz CT molecular complexity index is 106. The molecule has 0 aromatic heterocycles. The molecule has 0 fully saturated rings. The molecule has 0 aromatic rings. The molecule has 0 aliphatic rings. The lowest BCUT2D eigenvalue weighted by molar-refractivity contribution is 0.306. The third kappa shape index (κ3) is 2.48. The van der Waals surface area contributed by atoms with Crippen molar-refractivity contribution in [3.8, 4) is 0 Å². The Morgan fingerprint density at radius 3 is 1.38 bits per heavy atom. The predicted molar refractivity (Wildman–Crippen MR) is 27.5 cm³/mol. The van der Waals surface area contributed by atoms with Gasteiger partial charge in [0, 0.05) is 0 Å². The maximum atomic E-state index is 9.65. The third-order valence-corrected chi connectivity index (χ3v) is 2.02. The second-order valence-electron chi connectivity index (χ2n) is 0.859. The highest BCUT2D eigenvalue weighted by Gasteiger charge is 2.15. The lowest BCUT2D eigenvalue weighted by Crippen LogP contribution is -2.18. The summed E-state index contributed by atoms with van der Waals surface area (Å²) < 4.78 is 32.9. The van der Waals surface area contributed by atoms with Crippen LogP contribution in [-0.2, 0) is 22.2 Å². The Morgan fingerprint density at radius 2 is 1.38 bits per heavy atom. The number of hydrogen-bond donors (Lipinski definition) is 3. The molecular formula is CH4O5S2. The molecule has 0 radical (unpaired) electrons. The topological polar surface area (TPSA) is 94.8 Å². The molecule has 0 aliphatic carbocycles. The summed E-state index contributed by atoms with van der Waals surface area (Å²) in [7, 11) is 0. The summed E-state index contributed by atoms with van der Waals surface area (Å²) in [6, 6.07) is 0. The molecule has 0 spiro atoms. The van der Waals surface area contributed by atoms with Crippen LogP contribution >= 0.6 is 0 Å². The maximum Gasteiger partial charge on any atom is 0.256 e. The standard InChI is InChI=1S/CH4O5S2/c2-1(7(3)4)8(5)6/h1-2H,(H,3,4)(H,5,6). The Morgan fingerprint density at radius 1 is 1.12 bits per heavy atom. The van der Waals surface area contributed by atoms with Gasteiger partial charge in [-0.1, -0.05) is 0 Å². The first-order valence-corrected chi connectivity index (χ1v) is 3.77. The van der Waals surface area contributed by atoms with Crippen LogP contribution in [-0.4, -0.2) is 27.4 Å². The van der Waals surface area contributed by atoms with Crippen molar-refractivity contribution in [2.75, 3.05) is 0 Å². The van der Waals surface area contributed by atoms with Gasteiger partial charge >= 0.3 is 0 Å². The van der Waals surface area contributed by atoms with Crippen LogP contribution in [0.4, 0.5) is 0 Å². The van der Waals surface area contributed by atoms with E-state index in [4.69, 9.17) is 14.2 Å².